The van der Waals surface area contributed by atoms with Gasteiger partial charge in [0.1, 0.15) is 11.2 Å². The maximum atomic E-state index is 6.54. The van der Waals surface area contributed by atoms with Gasteiger partial charge in [0.05, 0.1) is 0 Å². The molecule has 0 radical (unpaired) electrons. The minimum absolute atomic E-state index is 0.269. The van der Waals surface area contributed by atoms with Crippen LogP contribution >= 0.6 is 0 Å². The molecule has 14 rings (SSSR count). The zero-order chi connectivity index (χ0) is 47.9. The van der Waals surface area contributed by atoms with Gasteiger partial charge in [-0.3, -0.25) is 0 Å². The van der Waals surface area contributed by atoms with Crippen molar-refractivity contribution in [1.82, 2.24) is 0 Å². The van der Waals surface area contributed by atoms with Crippen LogP contribution in [0.5, 0.6) is 0 Å². The molecule has 72 heavy (non-hydrogen) atoms. The Labute approximate surface area is 419 Å². The average Bonchev–Trinajstić information content (AvgIpc) is 3.93. The van der Waals surface area contributed by atoms with Gasteiger partial charge in [0.15, 0.2) is 0 Å². The fourth-order valence-corrected chi connectivity index (χ4v) is 11.7. The molecule has 0 spiro atoms. The number of rotatable bonds is 8. The van der Waals surface area contributed by atoms with Crippen LogP contribution in [0.25, 0.3) is 87.6 Å². The van der Waals surface area contributed by atoms with Crippen molar-refractivity contribution >= 4 is 88.4 Å². The molecule has 0 atom stereocenters. The number of para-hydroxylation sites is 4. The average molecular weight is 921 g/mol. The van der Waals surface area contributed by atoms with Crippen molar-refractivity contribution in [2.45, 2.75) is 19.3 Å². The van der Waals surface area contributed by atoms with E-state index in [2.05, 4.69) is 272 Å². The van der Waals surface area contributed by atoms with E-state index in [-0.39, 0.29) is 5.41 Å². The Hall–Kier alpha value is -9.18. The number of hydrogen-bond acceptors (Lipinski definition) is 3. The molecule has 3 nitrogen and oxygen atoms in total. The van der Waals surface area contributed by atoms with E-state index in [0.717, 1.165) is 78.3 Å². The summed E-state index contributed by atoms with van der Waals surface area (Å²) >= 11 is 0. The Morgan fingerprint density at radius 2 is 0.694 bits per heavy atom. The van der Waals surface area contributed by atoms with Gasteiger partial charge in [-0.1, -0.05) is 184 Å². The van der Waals surface area contributed by atoms with Crippen molar-refractivity contribution in [1.29, 1.82) is 0 Å². The molecule has 1 aliphatic carbocycles. The summed E-state index contributed by atoms with van der Waals surface area (Å²) in [5, 5.41) is 9.85. The number of hydrogen-bond donors (Lipinski definition) is 0. The fourth-order valence-electron chi connectivity index (χ4n) is 11.7. The van der Waals surface area contributed by atoms with Gasteiger partial charge in [0.25, 0.3) is 0 Å². The highest BCUT2D eigenvalue weighted by Gasteiger charge is 2.36. The monoisotopic (exact) mass is 920 g/mol. The third-order valence-electron chi connectivity index (χ3n) is 15.2. The molecule has 12 aromatic carbocycles. The number of fused-ring (bicyclic) bond motifs is 12. The normalized spacial score (nSPS) is 12.7. The predicted octanol–water partition coefficient (Wildman–Crippen LogP) is 19.6. The summed E-state index contributed by atoms with van der Waals surface area (Å²) in [6.45, 7) is 4.76. The molecule has 340 valence electrons. The first kappa shape index (κ1) is 41.8. The summed E-state index contributed by atoms with van der Waals surface area (Å²) < 4.78 is 6.54. The second-order valence-electron chi connectivity index (χ2n) is 19.7. The van der Waals surface area contributed by atoms with Crippen LogP contribution in [-0.4, -0.2) is 0 Å². The molecule has 3 heteroatoms. The van der Waals surface area contributed by atoms with Crippen LogP contribution in [0.15, 0.2) is 259 Å². The zero-order valence-corrected chi connectivity index (χ0v) is 40.1. The fraction of sp³-hybridized carbons (Fsp3) is 0.0435. The Kier molecular flexibility index (Phi) is 9.56. The summed E-state index contributed by atoms with van der Waals surface area (Å²) in [6.07, 6.45) is 0. The lowest BCUT2D eigenvalue weighted by Crippen LogP contribution is -2.16. The Morgan fingerprint density at radius 1 is 0.278 bits per heavy atom. The highest BCUT2D eigenvalue weighted by molar-refractivity contribution is 6.26. The quantitative estimate of drug-likeness (QED) is 0.142. The molecule has 1 aliphatic rings. The lowest BCUT2D eigenvalue weighted by molar-refractivity contribution is 0.660. The lowest BCUT2D eigenvalue weighted by atomic mass is 9.81. The third kappa shape index (κ3) is 6.66. The second kappa shape index (κ2) is 16.5. The van der Waals surface area contributed by atoms with E-state index >= 15 is 0 Å². The van der Waals surface area contributed by atoms with Gasteiger partial charge in [-0.2, -0.15) is 0 Å². The highest BCUT2D eigenvalue weighted by atomic mass is 16.3. The molecule has 0 unspecified atom stereocenters. The third-order valence-corrected chi connectivity index (χ3v) is 15.2. The highest BCUT2D eigenvalue weighted by Crippen LogP contribution is 2.53. The Bertz CT molecular complexity index is 4150. The van der Waals surface area contributed by atoms with Crippen LogP contribution in [0.1, 0.15) is 25.0 Å². The van der Waals surface area contributed by atoms with Gasteiger partial charge in [-0.15, -0.1) is 0 Å². The van der Waals surface area contributed by atoms with Crippen LogP contribution in [-0.2, 0) is 5.41 Å². The maximum absolute atomic E-state index is 6.54. The number of benzene rings is 12. The first-order valence-corrected chi connectivity index (χ1v) is 24.9. The van der Waals surface area contributed by atoms with Crippen LogP contribution < -0.4 is 9.80 Å². The molecule has 1 aromatic heterocycles. The largest absolute Gasteiger partial charge is 0.455 e. The van der Waals surface area contributed by atoms with Gasteiger partial charge in [-0.05, 0) is 156 Å². The van der Waals surface area contributed by atoms with Crippen LogP contribution in [0.4, 0.5) is 34.1 Å². The van der Waals surface area contributed by atoms with E-state index in [1.165, 1.54) is 54.6 Å². The summed E-state index contributed by atoms with van der Waals surface area (Å²) in [7, 11) is 0. The Morgan fingerprint density at radius 3 is 1.31 bits per heavy atom. The maximum Gasteiger partial charge on any atom is 0.143 e. The van der Waals surface area contributed by atoms with E-state index in [9.17, 15) is 0 Å². The van der Waals surface area contributed by atoms with Gasteiger partial charge in [-0.25, -0.2) is 0 Å². The minimum Gasteiger partial charge on any atom is -0.455 e. The molecule has 1 heterocycles. The first-order valence-electron chi connectivity index (χ1n) is 24.9. The van der Waals surface area contributed by atoms with Crippen molar-refractivity contribution in [3.05, 3.63) is 266 Å². The van der Waals surface area contributed by atoms with Gasteiger partial charge in [0.2, 0.25) is 0 Å². The number of nitrogens with zero attached hydrogens (tertiary/aromatic N) is 2. The molecule has 0 saturated carbocycles. The summed E-state index contributed by atoms with van der Waals surface area (Å²) in [5.74, 6) is 0. The molecule has 0 fully saturated rings. The molecule has 13 aromatic rings. The summed E-state index contributed by atoms with van der Waals surface area (Å²) in [5.41, 5.74) is 18.0. The Balaban J connectivity index is 0.875. The summed E-state index contributed by atoms with van der Waals surface area (Å²) in [4.78, 5) is 4.75. The van der Waals surface area contributed by atoms with Gasteiger partial charge in [0, 0.05) is 55.9 Å². The minimum atomic E-state index is -0.269. The molecular weight excluding hydrogens is 873 g/mol. The van der Waals surface area contributed by atoms with Gasteiger partial charge < -0.3 is 14.2 Å². The van der Waals surface area contributed by atoms with Crippen molar-refractivity contribution in [2.24, 2.45) is 0 Å². The molecule has 0 bridgehead atoms. The first-order chi connectivity index (χ1) is 35.5. The van der Waals surface area contributed by atoms with Crippen LogP contribution in [0, 0.1) is 0 Å². The van der Waals surface area contributed by atoms with Crippen molar-refractivity contribution in [3.8, 4) is 33.4 Å². The summed E-state index contributed by atoms with van der Waals surface area (Å²) in [6, 6.07) is 92.8. The molecule has 0 saturated heterocycles. The van der Waals surface area contributed by atoms with Crippen molar-refractivity contribution < 1.29 is 4.42 Å². The molecule has 0 amide bonds. The van der Waals surface area contributed by atoms with E-state index < -0.39 is 0 Å². The van der Waals surface area contributed by atoms with Crippen molar-refractivity contribution in [3.63, 3.8) is 0 Å². The second-order valence-corrected chi connectivity index (χ2v) is 19.7. The molecular formula is C69H48N2O. The van der Waals surface area contributed by atoms with Crippen LogP contribution in [0.3, 0.4) is 0 Å². The topological polar surface area (TPSA) is 19.6 Å². The molecule has 0 N–H and O–H groups in total. The smallest absolute Gasteiger partial charge is 0.143 e. The zero-order valence-electron chi connectivity index (χ0n) is 40.1. The van der Waals surface area contributed by atoms with E-state index in [1.54, 1.807) is 0 Å². The number of furan rings is 1. The van der Waals surface area contributed by atoms with Crippen molar-refractivity contribution in [2.75, 3.05) is 9.80 Å². The van der Waals surface area contributed by atoms with E-state index in [0.29, 0.717) is 0 Å². The van der Waals surface area contributed by atoms with Crippen LogP contribution in [0.2, 0.25) is 0 Å². The van der Waals surface area contributed by atoms with E-state index in [1.807, 2.05) is 6.07 Å². The molecule has 0 aliphatic heterocycles. The lowest BCUT2D eigenvalue weighted by Gasteiger charge is -2.29. The predicted molar refractivity (Wildman–Crippen MR) is 304 cm³/mol. The standard InChI is InChI=1S/C69H48N2O/c1-69(2)65-42-47(54-25-15-26-63-62-24-13-14-27-67(62)72-68(54)63)32-39-60(65)61-41-38-53(44-66(61)69)71(52-37-40-59-57-22-10-9-20-55(57)56-21-11-12-23-58(56)64(59)43-52)51-35-30-46(31-36-51)45-28-33-50(34-29-45)70(48-16-5-3-6-17-48)49-18-7-4-8-19-49/h3-44H,1-2H3. The van der Waals surface area contributed by atoms with Gasteiger partial charge >= 0.3 is 0 Å². The SMILES string of the molecule is CC1(C)c2cc(-c3cccc4c3oc3ccccc34)ccc2-c2ccc(N(c3ccc(-c4ccc(N(c5ccccc5)c5ccccc5)cc4)cc3)c3ccc4c5ccccc5c5ccccc5c4c3)cc21. The van der Waals surface area contributed by atoms with E-state index in [4.69, 9.17) is 4.42 Å². The number of anilines is 6.